The summed E-state index contributed by atoms with van der Waals surface area (Å²) in [5.41, 5.74) is 11.8. The van der Waals surface area contributed by atoms with Gasteiger partial charge in [0.1, 0.15) is 11.6 Å². The summed E-state index contributed by atoms with van der Waals surface area (Å²) in [5, 5.41) is 2.59. The van der Waals surface area contributed by atoms with Crippen LogP contribution in [0.15, 0.2) is 0 Å². The van der Waals surface area contributed by atoms with Crippen molar-refractivity contribution in [1.29, 1.82) is 0 Å². The topological polar surface area (TPSA) is 107 Å². The first-order valence-corrected chi connectivity index (χ1v) is 3.88. The Morgan fingerprint density at radius 2 is 2.00 bits per heavy atom. The van der Waals surface area contributed by atoms with Gasteiger partial charge in [0.05, 0.1) is 0 Å². The highest BCUT2D eigenvalue weighted by molar-refractivity contribution is 5.93. The number of hydrogen-bond acceptors (Lipinski definition) is 5. The number of rotatable bonds is 0. The molecule has 2 rings (SSSR count). The number of anilines is 3. The molecule has 1 amide bonds. The lowest BCUT2D eigenvalue weighted by Crippen LogP contribution is -2.22. The van der Waals surface area contributed by atoms with Crippen LogP contribution in [0.3, 0.4) is 0 Å². The van der Waals surface area contributed by atoms with Crippen LogP contribution in [0.5, 0.6) is 0 Å². The number of nitrogens with one attached hydrogen (secondary N) is 1. The highest BCUT2D eigenvalue weighted by atomic mass is 16.1. The number of fused-ring (bicyclic) bond motifs is 1. The highest BCUT2D eigenvalue weighted by Crippen LogP contribution is 2.24. The zero-order valence-electron chi connectivity index (χ0n) is 6.87. The molecule has 1 aromatic heterocycles. The maximum absolute atomic E-state index is 11.0. The number of nitrogens with zero attached hydrogens (tertiary/aromatic N) is 2. The minimum atomic E-state index is -0.0648. The quantitative estimate of drug-likeness (QED) is 0.499. The number of amides is 1. The molecule has 0 saturated heterocycles. The lowest BCUT2D eigenvalue weighted by Gasteiger charge is -2.16. The first-order chi connectivity index (χ1) is 6.16. The van der Waals surface area contributed by atoms with Gasteiger partial charge < -0.3 is 16.8 Å². The number of nitrogens with two attached hydrogens (primary N) is 2. The Kier molecular flexibility index (Phi) is 1.54. The monoisotopic (exact) mass is 179 g/mol. The molecule has 0 spiro atoms. The van der Waals surface area contributed by atoms with E-state index in [0.29, 0.717) is 24.5 Å². The molecule has 0 unspecified atom stereocenters. The van der Waals surface area contributed by atoms with Crippen molar-refractivity contribution in [2.24, 2.45) is 0 Å². The van der Waals surface area contributed by atoms with Gasteiger partial charge in [-0.3, -0.25) is 4.79 Å². The SMILES string of the molecule is Nc1nc(N)c2c(n1)NC(=O)CC2. The van der Waals surface area contributed by atoms with Gasteiger partial charge >= 0.3 is 0 Å². The van der Waals surface area contributed by atoms with Crippen LogP contribution in [-0.4, -0.2) is 15.9 Å². The van der Waals surface area contributed by atoms with Crippen LogP contribution in [0.25, 0.3) is 0 Å². The predicted octanol–water partition coefficient (Wildman–Crippen LogP) is -0.474. The largest absolute Gasteiger partial charge is 0.383 e. The number of aromatic nitrogens is 2. The molecule has 6 nitrogen and oxygen atoms in total. The lowest BCUT2D eigenvalue weighted by atomic mass is 10.1. The van der Waals surface area contributed by atoms with E-state index >= 15 is 0 Å². The zero-order chi connectivity index (χ0) is 9.42. The summed E-state index contributed by atoms with van der Waals surface area (Å²) in [6.45, 7) is 0. The van der Waals surface area contributed by atoms with Crippen LogP contribution >= 0.6 is 0 Å². The smallest absolute Gasteiger partial charge is 0.225 e. The third-order valence-corrected chi connectivity index (χ3v) is 1.92. The summed E-state index contributed by atoms with van der Waals surface area (Å²) in [6.07, 6.45) is 0.998. The minimum absolute atomic E-state index is 0.0648. The number of carbonyl (C=O) groups excluding carboxylic acids is 1. The normalized spacial score (nSPS) is 14.9. The Hall–Kier alpha value is -1.85. The van der Waals surface area contributed by atoms with Crippen LogP contribution in [0.2, 0.25) is 0 Å². The molecule has 68 valence electrons. The standard InChI is InChI=1S/C7H9N5O/c8-5-3-1-2-4(13)10-6(3)12-7(9)11-5/h1-2H2,(H5,8,9,10,11,12,13). The van der Waals surface area contributed by atoms with Crippen LogP contribution in [-0.2, 0) is 11.2 Å². The Bertz CT molecular complexity index is 375. The van der Waals surface area contributed by atoms with E-state index in [2.05, 4.69) is 15.3 Å². The van der Waals surface area contributed by atoms with E-state index in [9.17, 15) is 4.79 Å². The molecule has 0 aromatic carbocycles. The molecule has 0 radical (unpaired) electrons. The summed E-state index contributed by atoms with van der Waals surface area (Å²) in [6, 6.07) is 0. The zero-order valence-corrected chi connectivity index (χ0v) is 6.87. The molecule has 5 N–H and O–H groups in total. The Morgan fingerprint density at radius 3 is 2.77 bits per heavy atom. The molecule has 13 heavy (non-hydrogen) atoms. The van der Waals surface area contributed by atoms with Crippen molar-refractivity contribution in [3.8, 4) is 0 Å². The fraction of sp³-hybridized carbons (Fsp3) is 0.286. The molecule has 0 aliphatic carbocycles. The molecular formula is C7H9N5O. The van der Waals surface area contributed by atoms with E-state index < -0.39 is 0 Å². The molecule has 6 heteroatoms. The molecule has 1 aromatic rings. The lowest BCUT2D eigenvalue weighted by molar-refractivity contribution is -0.116. The second kappa shape index (κ2) is 2.58. The fourth-order valence-electron chi connectivity index (χ4n) is 1.30. The molecule has 2 heterocycles. The van der Waals surface area contributed by atoms with Crippen LogP contribution in [0, 0.1) is 0 Å². The second-order valence-corrected chi connectivity index (χ2v) is 2.84. The van der Waals surface area contributed by atoms with Crippen LogP contribution < -0.4 is 16.8 Å². The molecule has 0 bridgehead atoms. The van der Waals surface area contributed by atoms with Crippen molar-refractivity contribution >= 4 is 23.5 Å². The molecule has 1 aliphatic heterocycles. The molecule has 0 atom stereocenters. The summed E-state index contributed by atoms with van der Waals surface area (Å²) in [7, 11) is 0. The van der Waals surface area contributed by atoms with E-state index in [4.69, 9.17) is 11.5 Å². The summed E-state index contributed by atoms with van der Waals surface area (Å²) < 4.78 is 0. The van der Waals surface area contributed by atoms with Gasteiger partial charge in [0.2, 0.25) is 11.9 Å². The first kappa shape index (κ1) is 7.78. The van der Waals surface area contributed by atoms with Gasteiger partial charge in [-0.25, -0.2) is 0 Å². The molecule has 1 aliphatic rings. The number of nitrogen functional groups attached to an aromatic ring is 2. The van der Waals surface area contributed by atoms with E-state index in [1.165, 1.54) is 0 Å². The van der Waals surface area contributed by atoms with Crippen molar-refractivity contribution in [2.75, 3.05) is 16.8 Å². The van der Waals surface area contributed by atoms with Crippen LogP contribution in [0.1, 0.15) is 12.0 Å². The average molecular weight is 179 g/mol. The Morgan fingerprint density at radius 1 is 1.23 bits per heavy atom. The summed E-state index contributed by atoms with van der Waals surface area (Å²) >= 11 is 0. The van der Waals surface area contributed by atoms with Gasteiger partial charge in [-0.15, -0.1) is 0 Å². The third-order valence-electron chi connectivity index (χ3n) is 1.92. The molecular weight excluding hydrogens is 170 g/mol. The van der Waals surface area contributed by atoms with Crippen molar-refractivity contribution in [3.05, 3.63) is 5.56 Å². The summed E-state index contributed by atoms with van der Waals surface area (Å²) in [5.74, 6) is 0.812. The van der Waals surface area contributed by atoms with Gasteiger partial charge in [-0.1, -0.05) is 0 Å². The van der Waals surface area contributed by atoms with Crippen molar-refractivity contribution in [2.45, 2.75) is 12.8 Å². The Labute approximate surface area is 74.4 Å². The van der Waals surface area contributed by atoms with Gasteiger partial charge in [-0.2, -0.15) is 9.97 Å². The molecule has 0 fully saturated rings. The van der Waals surface area contributed by atoms with Gasteiger partial charge in [0.25, 0.3) is 0 Å². The highest BCUT2D eigenvalue weighted by Gasteiger charge is 2.19. The van der Waals surface area contributed by atoms with E-state index in [0.717, 1.165) is 5.56 Å². The Balaban J connectivity index is 2.53. The second-order valence-electron chi connectivity index (χ2n) is 2.84. The van der Waals surface area contributed by atoms with Gasteiger partial charge in [-0.05, 0) is 6.42 Å². The van der Waals surface area contributed by atoms with Gasteiger partial charge in [0.15, 0.2) is 0 Å². The van der Waals surface area contributed by atoms with Crippen molar-refractivity contribution < 1.29 is 4.79 Å². The first-order valence-electron chi connectivity index (χ1n) is 3.88. The van der Waals surface area contributed by atoms with Gasteiger partial charge in [0, 0.05) is 12.0 Å². The van der Waals surface area contributed by atoms with E-state index in [1.54, 1.807) is 0 Å². The van der Waals surface area contributed by atoms with Crippen LogP contribution in [0.4, 0.5) is 17.6 Å². The van der Waals surface area contributed by atoms with E-state index in [-0.39, 0.29) is 11.9 Å². The number of carbonyl (C=O) groups is 1. The van der Waals surface area contributed by atoms with Crippen molar-refractivity contribution in [3.63, 3.8) is 0 Å². The third kappa shape index (κ3) is 1.26. The predicted molar refractivity (Wildman–Crippen MR) is 47.8 cm³/mol. The maximum atomic E-state index is 11.0. The van der Waals surface area contributed by atoms with Crippen molar-refractivity contribution in [1.82, 2.24) is 9.97 Å². The average Bonchev–Trinajstić information content (AvgIpc) is 2.02. The number of hydrogen-bond donors (Lipinski definition) is 3. The maximum Gasteiger partial charge on any atom is 0.225 e. The van der Waals surface area contributed by atoms with E-state index in [1.807, 2.05) is 0 Å². The molecule has 0 saturated carbocycles. The fourth-order valence-corrected chi connectivity index (χ4v) is 1.30. The summed E-state index contributed by atoms with van der Waals surface area (Å²) in [4.78, 5) is 18.7. The minimum Gasteiger partial charge on any atom is -0.383 e.